The summed E-state index contributed by atoms with van der Waals surface area (Å²) in [5, 5.41) is 12.6. The van der Waals surface area contributed by atoms with Crippen LogP contribution in [-0.4, -0.2) is 88.9 Å². The van der Waals surface area contributed by atoms with Gasteiger partial charge >= 0.3 is 17.9 Å². The van der Waals surface area contributed by atoms with Crippen LogP contribution in [0.2, 0.25) is 0 Å². The first-order valence-electron chi connectivity index (χ1n) is 12.9. The molecule has 37 heavy (non-hydrogen) atoms. The van der Waals surface area contributed by atoms with Gasteiger partial charge in [0.1, 0.15) is 16.9 Å². The van der Waals surface area contributed by atoms with E-state index in [1.165, 1.54) is 4.90 Å². The second-order valence-corrected chi connectivity index (χ2v) is 11.9. The predicted molar refractivity (Wildman–Crippen MR) is 127 cm³/mol. The fraction of sp³-hybridized carbons (Fsp3) is 0.630. The average Bonchev–Trinajstić information content (AvgIpc) is 3.41. The van der Waals surface area contributed by atoms with Crippen molar-refractivity contribution < 1.29 is 38.5 Å². The van der Waals surface area contributed by atoms with E-state index in [9.17, 15) is 24.3 Å². The molecule has 10 nitrogen and oxygen atoms in total. The molecular weight excluding hydrogens is 480 g/mol. The minimum Gasteiger partial charge on any atom is -0.461 e. The van der Waals surface area contributed by atoms with Crippen LogP contribution in [0.4, 0.5) is 0 Å². The van der Waals surface area contributed by atoms with Gasteiger partial charge < -0.3 is 29.1 Å². The van der Waals surface area contributed by atoms with Gasteiger partial charge in [-0.1, -0.05) is 39.0 Å². The lowest BCUT2D eigenvalue weighted by atomic mass is 9.52. The number of hydrogen-bond acceptors (Lipinski definition) is 9. The first-order valence-corrected chi connectivity index (χ1v) is 12.9. The number of ether oxygens (including phenoxy) is 3. The van der Waals surface area contributed by atoms with Crippen LogP contribution in [0.25, 0.3) is 0 Å². The van der Waals surface area contributed by atoms with Gasteiger partial charge in [0.2, 0.25) is 0 Å². The van der Waals surface area contributed by atoms with Crippen LogP contribution in [0.5, 0.6) is 0 Å². The Labute approximate surface area is 214 Å². The normalized spacial score (nSPS) is 38.5. The van der Waals surface area contributed by atoms with Crippen LogP contribution in [-0.2, 0) is 28.6 Å². The Kier molecular flexibility index (Phi) is 5.11. The number of benzene rings is 1. The van der Waals surface area contributed by atoms with E-state index in [0.717, 1.165) is 19.5 Å². The summed E-state index contributed by atoms with van der Waals surface area (Å²) in [5.74, 6) is -2.59. The van der Waals surface area contributed by atoms with Crippen LogP contribution in [0.3, 0.4) is 0 Å². The Morgan fingerprint density at radius 3 is 2.43 bits per heavy atom. The Bertz CT molecular complexity index is 1180. The predicted octanol–water partition coefficient (Wildman–Crippen LogP) is 1.11. The summed E-state index contributed by atoms with van der Waals surface area (Å²) >= 11 is 0. The summed E-state index contributed by atoms with van der Waals surface area (Å²) in [6.45, 7) is 8.02. The largest absolute Gasteiger partial charge is 0.461 e. The number of nitrogens with zero attached hydrogens (tertiary/aromatic N) is 2. The number of amides is 1. The summed E-state index contributed by atoms with van der Waals surface area (Å²) in [6.07, 6.45) is -3.09. The maximum absolute atomic E-state index is 14.1. The molecule has 0 bridgehead atoms. The van der Waals surface area contributed by atoms with E-state index < -0.39 is 64.1 Å². The Morgan fingerprint density at radius 1 is 1.11 bits per heavy atom. The van der Waals surface area contributed by atoms with Gasteiger partial charge in [0, 0.05) is 19.5 Å². The molecule has 2 spiro atoms. The van der Waals surface area contributed by atoms with Gasteiger partial charge in [0.15, 0.2) is 12.3 Å². The molecule has 6 rings (SSSR count). The first kappa shape index (κ1) is 24.4. The Hall–Kier alpha value is -2.98. The molecule has 1 aliphatic carbocycles. The molecule has 0 aromatic heterocycles. The van der Waals surface area contributed by atoms with Crippen molar-refractivity contribution in [3.05, 3.63) is 35.9 Å². The Balaban J connectivity index is 1.52. The van der Waals surface area contributed by atoms with Crippen LogP contribution in [0.15, 0.2) is 30.3 Å². The van der Waals surface area contributed by atoms with E-state index in [4.69, 9.17) is 14.2 Å². The molecule has 5 fully saturated rings. The molecule has 198 valence electrons. The minimum absolute atomic E-state index is 0.0690. The van der Waals surface area contributed by atoms with E-state index >= 15 is 0 Å². The zero-order valence-electron chi connectivity index (χ0n) is 21.3. The van der Waals surface area contributed by atoms with Crippen molar-refractivity contribution >= 4 is 23.8 Å². The lowest BCUT2D eigenvalue weighted by Crippen LogP contribution is -2.66. The zero-order valence-corrected chi connectivity index (χ0v) is 21.3. The number of rotatable bonds is 5. The van der Waals surface area contributed by atoms with Crippen LogP contribution in [0, 0.1) is 16.2 Å². The maximum Gasteiger partial charge on any atom is 0.338 e. The first-order chi connectivity index (χ1) is 17.5. The van der Waals surface area contributed by atoms with Crippen LogP contribution in [0.1, 0.15) is 50.4 Å². The molecule has 4 aliphatic heterocycles. The van der Waals surface area contributed by atoms with E-state index in [-0.39, 0.29) is 24.9 Å². The molecule has 6 atom stereocenters. The molecule has 1 saturated carbocycles. The monoisotopic (exact) mass is 512 g/mol. The summed E-state index contributed by atoms with van der Waals surface area (Å²) in [4.78, 5) is 57.4. The molecule has 10 heteroatoms. The topological polar surface area (TPSA) is 123 Å². The van der Waals surface area contributed by atoms with Gasteiger partial charge in [-0.15, -0.1) is 0 Å². The van der Waals surface area contributed by atoms with Crippen LogP contribution >= 0.6 is 0 Å². The third-order valence-electron chi connectivity index (χ3n) is 9.41. The highest BCUT2D eigenvalue weighted by atomic mass is 16.6. The third-order valence-corrected chi connectivity index (χ3v) is 9.41. The second kappa shape index (κ2) is 7.77. The highest BCUT2D eigenvalue weighted by Crippen LogP contribution is 2.76. The van der Waals surface area contributed by atoms with Gasteiger partial charge in [-0.2, -0.15) is 0 Å². The molecule has 5 aliphatic rings. The van der Waals surface area contributed by atoms with E-state index in [0.29, 0.717) is 6.54 Å². The van der Waals surface area contributed by atoms with Crippen molar-refractivity contribution in [3.63, 3.8) is 0 Å². The summed E-state index contributed by atoms with van der Waals surface area (Å²) in [7, 11) is 0. The Morgan fingerprint density at radius 2 is 1.81 bits per heavy atom. The van der Waals surface area contributed by atoms with Crippen molar-refractivity contribution in [2.24, 2.45) is 16.2 Å². The van der Waals surface area contributed by atoms with Crippen LogP contribution < -0.4 is 0 Å². The van der Waals surface area contributed by atoms with E-state index in [2.05, 4.69) is 4.90 Å². The molecule has 1 aromatic rings. The standard InChI is InChI=1S/C27H32N2O8/c1-24(2,3)26(34)14-17-25(15-18(30)35-17)23(33)37-22-27(25,26)19(36-21(32)16-8-5-4-6-9-16)20(31)29(22)13-12-28-10-7-11-28/h4-6,8-9,17,19,22,34H,7,10-15H2,1-3H3/t17-,19-,22-,25-,26+,27?/m0/s1. The fourth-order valence-corrected chi connectivity index (χ4v) is 7.43. The second-order valence-electron chi connectivity index (χ2n) is 11.9. The lowest BCUT2D eigenvalue weighted by molar-refractivity contribution is -0.212. The smallest absolute Gasteiger partial charge is 0.338 e. The highest BCUT2D eigenvalue weighted by Gasteiger charge is 2.93. The van der Waals surface area contributed by atoms with Gasteiger partial charge in [0.05, 0.1) is 17.6 Å². The molecule has 4 heterocycles. The number of likely N-dealkylation sites (tertiary alicyclic amines) is 2. The van der Waals surface area contributed by atoms with Gasteiger partial charge in [-0.25, -0.2) is 4.79 Å². The van der Waals surface area contributed by atoms with Crippen molar-refractivity contribution in [1.29, 1.82) is 0 Å². The number of carbonyl (C=O) groups is 4. The van der Waals surface area contributed by atoms with Gasteiger partial charge in [-0.3, -0.25) is 14.4 Å². The summed E-state index contributed by atoms with van der Waals surface area (Å²) in [5.41, 5.74) is -5.80. The summed E-state index contributed by atoms with van der Waals surface area (Å²) < 4.78 is 17.5. The zero-order chi connectivity index (χ0) is 26.4. The van der Waals surface area contributed by atoms with Crippen molar-refractivity contribution in [2.45, 2.75) is 64.1 Å². The highest BCUT2D eigenvalue weighted by molar-refractivity contribution is 5.99. The molecule has 0 radical (unpaired) electrons. The number of aliphatic hydroxyl groups is 1. The van der Waals surface area contributed by atoms with Crippen molar-refractivity contribution in [2.75, 3.05) is 26.2 Å². The molecule has 1 aromatic carbocycles. The SMILES string of the molecule is CC(C)(C)[C@]1(O)C[C@@H]2OC(=O)C[C@@]23C(=O)O[C@@H]2N(CCN4CCC4)C(=O)[C@H](OC(=O)c4ccccc4)C213. The molecule has 1 N–H and O–H groups in total. The third kappa shape index (κ3) is 2.88. The lowest BCUT2D eigenvalue weighted by Gasteiger charge is -2.51. The molecule has 1 amide bonds. The summed E-state index contributed by atoms with van der Waals surface area (Å²) in [6, 6.07) is 8.25. The van der Waals surface area contributed by atoms with E-state index in [1.54, 1.807) is 51.1 Å². The van der Waals surface area contributed by atoms with E-state index in [1.807, 2.05) is 0 Å². The fourth-order valence-electron chi connectivity index (χ4n) is 7.43. The van der Waals surface area contributed by atoms with Crippen molar-refractivity contribution in [3.8, 4) is 0 Å². The number of hydrogen-bond donors (Lipinski definition) is 1. The minimum atomic E-state index is -1.75. The van der Waals surface area contributed by atoms with Gasteiger partial charge in [0.25, 0.3) is 5.91 Å². The van der Waals surface area contributed by atoms with Gasteiger partial charge in [-0.05, 0) is 37.1 Å². The maximum atomic E-state index is 14.1. The quantitative estimate of drug-likeness (QED) is 0.457. The average molecular weight is 513 g/mol. The molecule has 4 saturated heterocycles. The number of esters is 3. The number of carbonyl (C=O) groups excluding carboxylic acids is 4. The van der Waals surface area contributed by atoms with Crippen molar-refractivity contribution in [1.82, 2.24) is 9.80 Å². The molecule has 1 unspecified atom stereocenters. The molecular formula is C27H32N2O8.